The number of carbonyl (C=O) groups excluding carboxylic acids is 1. The Hall–Kier alpha value is -4.51. The van der Waals surface area contributed by atoms with Gasteiger partial charge in [0.1, 0.15) is 18.2 Å². The first-order valence-electron chi connectivity index (χ1n) is 13.4. The van der Waals surface area contributed by atoms with Crippen molar-refractivity contribution in [3.63, 3.8) is 0 Å². The fourth-order valence-corrected chi connectivity index (χ4v) is 5.67. The summed E-state index contributed by atoms with van der Waals surface area (Å²) in [6, 6.07) is 18.6. The molecule has 1 heterocycles. The van der Waals surface area contributed by atoms with E-state index in [2.05, 4.69) is 6.07 Å². The number of carbonyl (C=O) groups is 1. The quantitative estimate of drug-likeness (QED) is 0.351. The number of aryl methyl sites for hydroxylation is 3. The van der Waals surface area contributed by atoms with Crippen molar-refractivity contribution in [3.05, 3.63) is 117 Å². The molecule has 0 bridgehead atoms. The average Bonchev–Trinajstić information content (AvgIpc) is 2.93. The lowest BCUT2D eigenvalue weighted by Crippen LogP contribution is -2.39. The molecule has 0 aromatic heterocycles. The number of ketones is 1. The number of benzene rings is 3. The Bertz CT molecular complexity index is 1610. The topological polar surface area (TPSA) is 79.3 Å². The number of allylic oxidation sites excluding steroid dienone is 3. The Labute approximate surface area is 237 Å². The number of halogens is 3. The van der Waals surface area contributed by atoms with Gasteiger partial charge >= 0.3 is 6.18 Å². The molecular weight excluding hydrogens is 527 g/mol. The molecule has 3 aromatic rings. The predicted molar refractivity (Wildman–Crippen MR) is 151 cm³/mol. The van der Waals surface area contributed by atoms with Crippen molar-refractivity contribution >= 4 is 11.5 Å². The van der Waals surface area contributed by atoms with Crippen LogP contribution in [0.3, 0.4) is 0 Å². The van der Waals surface area contributed by atoms with Crippen molar-refractivity contribution in [1.82, 2.24) is 0 Å². The standard InChI is InChI=1S/C33H30F3N3O2/c1-19-7-13-25(14-8-19)41-18-22-16-26(21(3)15-20(22)2)30-27(17-37)32(38)39(28-5-4-6-29(40)31(28)30)24-11-9-23(10-12-24)33(34,35)36/h7-16,30H,4-6,18,38H2,1-3H3. The molecule has 210 valence electrons. The van der Waals surface area contributed by atoms with Gasteiger partial charge in [0.15, 0.2) is 5.78 Å². The van der Waals surface area contributed by atoms with Gasteiger partial charge in [-0.25, -0.2) is 0 Å². The minimum absolute atomic E-state index is 0.0918. The Morgan fingerprint density at radius 3 is 2.32 bits per heavy atom. The third kappa shape index (κ3) is 5.32. The van der Waals surface area contributed by atoms with Gasteiger partial charge in [-0.15, -0.1) is 0 Å². The van der Waals surface area contributed by atoms with E-state index in [0.717, 1.165) is 45.7 Å². The number of ether oxygens (including phenoxy) is 1. The minimum atomic E-state index is -4.49. The molecule has 3 aromatic carbocycles. The normalized spacial score (nSPS) is 17.4. The van der Waals surface area contributed by atoms with E-state index < -0.39 is 17.7 Å². The van der Waals surface area contributed by atoms with E-state index in [1.54, 1.807) is 4.90 Å². The van der Waals surface area contributed by atoms with Crippen LogP contribution in [-0.4, -0.2) is 5.78 Å². The highest BCUT2D eigenvalue weighted by Crippen LogP contribution is 2.47. The van der Waals surface area contributed by atoms with E-state index in [1.165, 1.54) is 12.1 Å². The van der Waals surface area contributed by atoms with Gasteiger partial charge in [-0.2, -0.15) is 18.4 Å². The minimum Gasteiger partial charge on any atom is -0.489 e. The first-order valence-corrected chi connectivity index (χ1v) is 13.4. The van der Waals surface area contributed by atoms with E-state index >= 15 is 0 Å². The van der Waals surface area contributed by atoms with Crippen LogP contribution in [0.5, 0.6) is 5.75 Å². The number of nitrogens with two attached hydrogens (primary N) is 1. The summed E-state index contributed by atoms with van der Waals surface area (Å²) in [5, 5.41) is 10.4. The molecule has 2 N–H and O–H groups in total. The number of Topliss-reactive ketones (excluding diaryl/α,β-unsaturated/α-hetero) is 1. The largest absolute Gasteiger partial charge is 0.489 e. The highest BCUT2D eigenvalue weighted by molar-refractivity contribution is 6.01. The number of rotatable bonds is 5. The number of nitrogens with zero attached hydrogens (tertiary/aromatic N) is 2. The van der Waals surface area contributed by atoms with Gasteiger partial charge in [0.2, 0.25) is 0 Å². The van der Waals surface area contributed by atoms with E-state index in [9.17, 15) is 23.2 Å². The van der Waals surface area contributed by atoms with Crippen LogP contribution < -0.4 is 15.4 Å². The second-order valence-corrected chi connectivity index (χ2v) is 10.6. The summed E-state index contributed by atoms with van der Waals surface area (Å²) in [6.07, 6.45) is -3.07. The molecule has 0 saturated heterocycles. The van der Waals surface area contributed by atoms with Gasteiger partial charge in [-0.3, -0.25) is 9.69 Å². The van der Waals surface area contributed by atoms with E-state index in [4.69, 9.17) is 10.5 Å². The summed E-state index contributed by atoms with van der Waals surface area (Å²) in [7, 11) is 0. The highest BCUT2D eigenvalue weighted by Gasteiger charge is 2.41. The van der Waals surface area contributed by atoms with Gasteiger partial charge in [0.25, 0.3) is 0 Å². The Morgan fingerprint density at radius 1 is 1.00 bits per heavy atom. The van der Waals surface area contributed by atoms with Gasteiger partial charge in [-0.05, 0) is 92.3 Å². The SMILES string of the molecule is Cc1ccc(OCc2cc(C3C(C#N)=C(N)N(c4ccc(C(F)(F)F)cc4)C4=C3C(=O)CCC4)c(C)cc2C)cc1. The Kier molecular flexibility index (Phi) is 7.39. The zero-order valence-electron chi connectivity index (χ0n) is 23.1. The van der Waals surface area contributed by atoms with E-state index in [0.29, 0.717) is 42.8 Å². The maximum absolute atomic E-state index is 13.5. The Balaban J connectivity index is 1.60. The van der Waals surface area contributed by atoms with Gasteiger partial charge < -0.3 is 10.5 Å². The number of alkyl halides is 3. The van der Waals surface area contributed by atoms with Crippen LogP contribution >= 0.6 is 0 Å². The maximum Gasteiger partial charge on any atom is 0.416 e. The van der Waals surface area contributed by atoms with Crippen molar-refractivity contribution in [1.29, 1.82) is 5.26 Å². The lowest BCUT2D eigenvalue weighted by atomic mass is 9.74. The summed E-state index contributed by atoms with van der Waals surface area (Å²) >= 11 is 0. The molecule has 1 aliphatic heterocycles. The smallest absolute Gasteiger partial charge is 0.416 e. The lowest BCUT2D eigenvalue weighted by molar-refractivity contribution is -0.137. The zero-order chi connectivity index (χ0) is 29.5. The van der Waals surface area contributed by atoms with Crippen LogP contribution in [0.1, 0.15) is 58.6 Å². The average molecular weight is 558 g/mol. The molecule has 5 nitrogen and oxygen atoms in total. The maximum atomic E-state index is 13.5. The molecule has 5 rings (SSSR count). The predicted octanol–water partition coefficient (Wildman–Crippen LogP) is 7.51. The van der Waals surface area contributed by atoms with Gasteiger partial charge in [0, 0.05) is 23.4 Å². The molecule has 2 aliphatic rings. The summed E-state index contributed by atoms with van der Waals surface area (Å²) < 4.78 is 45.7. The lowest BCUT2D eigenvalue weighted by Gasteiger charge is -2.40. The fourth-order valence-electron chi connectivity index (χ4n) is 5.67. The van der Waals surface area contributed by atoms with Crippen LogP contribution in [-0.2, 0) is 17.6 Å². The molecule has 0 amide bonds. The third-order valence-corrected chi connectivity index (χ3v) is 7.82. The molecule has 41 heavy (non-hydrogen) atoms. The summed E-state index contributed by atoms with van der Waals surface area (Å²) in [5.41, 5.74) is 12.2. The zero-order valence-corrected chi connectivity index (χ0v) is 23.1. The van der Waals surface area contributed by atoms with Crippen LogP contribution in [0.15, 0.2) is 83.3 Å². The van der Waals surface area contributed by atoms with Crippen LogP contribution in [0, 0.1) is 32.1 Å². The van der Waals surface area contributed by atoms with Crippen molar-refractivity contribution in [2.75, 3.05) is 4.90 Å². The number of nitriles is 1. The van der Waals surface area contributed by atoms with Crippen molar-refractivity contribution in [2.24, 2.45) is 5.73 Å². The second kappa shape index (κ2) is 10.8. The van der Waals surface area contributed by atoms with Gasteiger partial charge in [0.05, 0.1) is 23.1 Å². The molecule has 0 radical (unpaired) electrons. The second-order valence-electron chi connectivity index (χ2n) is 10.6. The van der Waals surface area contributed by atoms with Gasteiger partial charge in [-0.1, -0.05) is 29.8 Å². The summed E-state index contributed by atoms with van der Waals surface area (Å²) in [6.45, 7) is 6.23. The number of hydrogen-bond acceptors (Lipinski definition) is 5. The highest BCUT2D eigenvalue weighted by atomic mass is 19.4. The third-order valence-electron chi connectivity index (χ3n) is 7.82. The molecule has 0 spiro atoms. The first-order chi connectivity index (χ1) is 19.5. The molecule has 1 aliphatic carbocycles. The monoisotopic (exact) mass is 557 g/mol. The molecule has 8 heteroatoms. The molecule has 1 unspecified atom stereocenters. The summed E-state index contributed by atoms with van der Waals surface area (Å²) in [4.78, 5) is 15.1. The van der Waals surface area contributed by atoms with Crippen LogP contribution in [0.25, 0.3) is 0 Å². The Morgan fingerprint density at radius 2 is 1.68 bits per heavy atom. The molecule has 0 saturated carbocycles. The van der Waals surface area contributed by atoms with E-state index in [-0.39, 0.29) is 17.2 Å². The summed E-state index contributed by atoms with van der Waals surface area (Å²) in [5.74, 6) is 0.0671. The number of hydrogen-bond donors (Lipinski definition) is 1. The van der Waals surface area contributed by atoms with Crippen molar-refractivity contribution in [2.45, 2.75) is 58.7 Å². The van der Waals surface area contributed by atoms with Crippen LogP contribution in [0.2, 0.25) is 0 Å². The molecule has 0 fully saturated rings. The first kappa shape index (κ1) is 28.0. The van der Waals surface area contributed by atoms with Crippen LogP contribution in [0.4, 0.5) is 18.9 Å². The number of anilines is 1. The van der Waals surface area contributed by atoms with E-state index in [1.807, 2.05) is 57.2 Å². The van der Waals surface area contributed by atoms with Crippen molar-refractivity contribution < 1.29 is 22.7 Å². The molecule has 1 atom stereocenters. The van der Waals surface area contributed by atoms with Crippen molar-refractivity contribution in [3.8, 4) is 11.8 Å². The fraction of sp³-hybridized carbons (Fsp3) is 0.273. The molecular formula is C33H30F3N3O2.